The third-order valence-corrected chi connectivity index (χ3v) is 4.42. The van der Waals surface area contributed by atoms with Crippen molar-refractivity contribution in [3.8, 4) is 5.75 Å². The van der Waals surface area contributed by atoms with Crippen LogP contribution in [0.2, 0.25) is 0 Å². The minimum atomic E-state index is -1.08. The van der Waals surface area contributed by atoms with Crippen molar-refractivity contribution >= 4 is 11.0 Å². The largest absolute Gasteiger partial charge is 0.434 e. The zero-order valence-electron chi connectivity index (χ0n) is 14.1. The van der Waals surface area contributed by atoms with Gasteiger partial charge in [0.15, 0.2) is 5.75 Å². The number of allylic oxidation sites excluding steroid dienone is 1. The summed E-state index contributed by atoms with van der Waals surface area (Å²) >= 11 is 0. The van der Waals surface area contributed by atoms with Crippen LogP contribution in [0.5, 0.6) is 5.75 Å². The number of hydrogen-bond donors (Lipinski definition) is 1. The van der Waals surface area contributed by atoms with Crippen LogP contribution >= 0.6 is 0 Å². The Morgan fingerprint density at radius 1 is 1.15 bits per heavy atom. The first-order valence-electron chi connectivity index (χ1n) is 8.06. The number of nitrogens with zero attached hydrogens (tertiary/aromatic N) is 1. The van der Waals surface area contributed by atoms with Crippen LogP contribution in [0, 0.1) is 15.9 Å². The van der Waals surface area contributed by atoms with Crippen molar-refractivity contribution in [1.82, 2.24) is 5.32 Å². The predicted octanol–water partition coefficient (Wildman–Crippen LogP) is 3.12. The molecule has 1 unspecified atom stereocenters. The summed E-state index contributed by atoms with van der Waals surface area (Å²) in [5.41, 5.74) is -0.403. The second kappa shape index (κ2) is 6.24. The Bertz CT molecular complexity index is 1150. The van der Waals surface area contributed by atoms with Crippen molar-refractivity contribution in [1.29, 1.82) is 0 Å². The van der Waals surface area contributed by atoms with E-state index in [1.807, 2.05) is 0 Å². The second-order valence-corrected chi connectivity index (χ2v) is 5.94. The second-order valence-electron chi connectivity index (χ2n) is 5.94. The molecule has 0 aliphatic carbocycles. The highest BCUT2D eigenvalue weighted by Crippen LogP contribution is 2.44. The summed E-state index contributed by atoms with van der Waals surface area (Å²) < 4.78 is 24.4. The van der Waals surface area contributed by atoms with Gasteiger partial charge in [-0.2, -0.15) is 0 Å². The van der Waals surface area contributed by atoms with Gasteiger partial charge in [0.2, 0.25) is 0 Å². The molecule has 2 heterocycles. The van der Waals surface area contributed by atoms with E-state index in [0.717, 1.165) is 0 Å². The van der Waals surface area contributed by atoms with Gasteiger partial charge in [0.25, 0.3) is 5.88 Å². The Balaban J connectivity index is 2.09. The molecule has 1 N–H and O–H groups in total. The predicted molar refractivity (Wildman–Crippen MR) is 94.4 cm³/mol. The standard InChI is InChI=1S/C19H13FN2O5/c1-21-18-16(22(24)25)14(10-6-8-11(20)9-7-10)15-17(27-18)12-4-2-3-5-13(12)26-19(15)23/h2-9,14,21H,1H3. The molecule has 1 atom stereocenters. The Morgan fingerprint density at radius 2 is 1.85 bits per heavy atom. The van der Waals surface area contributed by atoms with Crippen molar-refractivity contribution in [2.75, 3.05) is 7.05 Å². The van der Waals surface area contributed by atoms with E-state index < -0.39 is 22.3 Å². The lowest BCUT2D eigenvalue weighted by Crippen LogP contribution is -2.31. The van der Waals surface area contributed by atoms with Gasteiger partial charge >= 0.3 is 11.3 Å². The van der Waals surface area contributed by atoms with Crippen LogP contribution in [0.3, 0.4) is 0 Å². The summed E-state index contributed by atoms with van der Waals surface area (Å²) in [6.07, 6.45) is 0. The molecule has 2 aromatic carbocycles. The Labute approximate surface area is 151 Å². The zero-order valence-corrected chi connectivity index (χ0v) is 14.1. The van der Waals surface area contributed by atoms with E-state index in [0.29, 0.717) is 16.5 Å². The Morgan fingerprint density at radius 3 is 2.52 bits per heavy atom. The van der Waals surface area contributed by atoms with Crippen LogP contribution in [0.4, 0.5) is 4.39 Å². The van der Waals surface area contributed by atoms with Gasteiger partial charge in [-0.3, -0.25) is 10.1 Å². The van der Waals surface area contributed by atoms with Gasteiger partial charge in [0, 0.05) is 7.05 Å². The van der Waals surface area contributed by atoms with Crippen LogP contribution in [0.1, 0.15) is 17.0 Å². The topological polar surface area (TPSA) is 94.6 Å². The molecule has 0 fully saturated rings. The summed E-state index contributed by atoms with van der Waals surface area (Å²) in [6.45, 7) is 0. The number of hydrogen-bond acceptors (Lipinski definition) is 6. The van der Waals surface area contributed by atoms with Crippen LogP contribution < -0.4 is 15.7 Å². The van der Waals surface area contributed by atoms with Gasteiger partial charge in [-0.05, 0) is 29.8 Å². The highest BCUT2D eigenvalue weighted by Gasteiger charge is 2.42. The SMILES string of the molecule is CNC1=C([N+](=O)[O-])C(c2ccc(F)cc2)c2c(c3ccccc3oc2=O)O1. The highest BCUT2D eigenvalue weighted by molar-refractivity contribution is 5.85. The van der Waals surface area contributed by atoms with E-state index in [1.54, 1.807) is 24.3 Å². The smallest absolute Gasteiger partial charge is 0.344 e. The monoisotopic (exact) mass is 368 g/mol. The molecule has 0 amide bonds. The third-order valence-electron chi connectivity index (χ3n) is 4.42. The third kappa shape index (κ3) is 2.62. The zero-order chi connectivity index (χ0) is 19.1. The number of fused-ring (bicyclic) bond motifs is 3. The molecule has 1 aliphatic rings. The van der Waals surface area contributed by atoms with E-state index in [2.05, 4.69) is 5.32 Å². The number of para-hydroxylation sites is 1. The highest BCUT2D eigenvalue weighted by atomic mass is 19.1. The molecule has 4 rings (SSSR count). The average Bonchev–Trinajstić information content (AvgIpc) is 2.67. The summed E-state index contributed by atoms with van der Waals surface area (Å²) in [7, 11) is 1.49. The minimum Gasteiger partial charge on any atom is -0.434 e. The summed E-state index contributed by atoms with van der Waals surface area (Å²) in [4.78, 5) is 23.9. The van der Waals surface area contributed by atoms with Gasteiger partial charge < -0.3 is 14.5 Å². The number of halogens is 1. The number of benzene rings is 2. The molecule has 7 nitrogen and oxygen atoms in total. The van der Waals surface area contributed by atoms with Crippen LogP contribution in [-0.4, -0.2) is 12.0 Å². The molecule has 0 saturated heterocycles. The van der Waals surface area contributed by atoms with E-state index in [4.69, 9.17) is 9.15 Å². The minimum absolute atomic E-state index is 0.00556. The van der Waals surface area contributed by atoms with E-state index in [-0.39, 0.29) is 22.9 Å². The maximum absolute atomic E-state index is 13.4. The van der Waals surface area contributed by atoms with Gasteiger partial charge in [0.1, 0.15) is 17.3 Å². The van der Waals surface area contributed by atoms with Gasteiger partial charge in [-0.1, -0.05) is 24.3 Å². The molecule has 3 aromatic rings. The molecule has 27 heavy (non-hydrogen) atoms. The molecule has 0 bridgehead atoms. The maximum Gasteiger partial charge on any atom is 0.344 e. The number of ether oxygens (including phenoxy) is 1. The number of rotatable bonds is 3. The molecule has 1 aliphatic heterocycles. The van der Waals surface area contributed by atoms with Crippen molar-refractivity contribution in [3.05, 3.63) is 97.6 Å². The van der Waals surface area contributed by atoms with Gasteiger partial charge in [-0.25, -0.2) is 9.18 Å². The fourth-order valence-corrected chi connectivity index (χ4v) is 3.26. The quantitative estimate of drug-likeness (QED) is 0.434. The van der Waals surface area contributed by atoms with Crippen LogP contribution in [0.25, 0.3) is 11.0 Å². The number of nitrogens with one attached hydrogen (secondary N) is 1. The molecular weight excluding hydrogens is 355 g/mol. The fraction of sp³-hybridized carbons (Fsp3) is 0.105. The van der Waals surface area contributed by atoms with Crippen molar-refractivity contribution in [3.63, 3.8) is 0 Å². The lowest BCUT2D eigenvalue weighted by molar-refractivity contribution is -0.432. The molecule has 1 aromatic heterocycles. The van der Waals surface area contributed by atoms with Crippen molar-refractivity contribution in [2.45, 2.75) is 5.92 Å². The van der Waals surface area contributed by atoms with Crippen molar-refractivity contribution < 1.29 is 18.5 Å². The first kappa shape index (κ1) is 16.8. The normalized spacial score (nSPS) is 16.0. The lowest BCUT2D eigenvalue weighted by Gasteiger charge is -2.25. The lowest BCUT2D eigenvalue weighted by atomic mass is 9.87. The van der Waals surface area contributed by atoms with Crippen molar-refractivity contribution in [2.24, 2.45) is 0 Å². The fourth-order valence-electron chi connectivity index (χ4n) is 3.26. The molecule has 136 valence electrons. The maximum atomic E-state index is 13.4. The van der Waals surface area contributed by atoms with E-state index >= 15 is 0 Å². The molecule has 0 spiro atoms. The summed E-state index contributed by atoms with van der Waals surface area (Å²) in [5, 5.41) is 15.0. The molecular formula is C19H13FN2O5. The summed E-state index contributed by atoms with van der Waals surface area (Å²) in [5.74, 6) is -1.46. The molecule has 8 heteroatoms. The Hall–Kier alpha value is -3.68. The van der Waals surface area contributed by atoms with Crippen LogP contribution in [-0.2, 0) is 0 Å². The Kier molecular flexibility index (Phi) is 3.88. The van der Waals surface area contributed by atoms with Gasteiger partial charge in [0.05, 0.1) is 15.9 Å². The molecule has 0 saturated carbocycles. The molecule has 0 radical (unpaired) electrons. The van der Waals surface area contributed by atoms with E-state index in [9.17, 15) is 19.3 Å². The number of nitro groups is 1. The first-order chi connectivity index (χ1) is 13.0. The van der Waals surface area contributed by atoms with Crippen LogP contribution in [0.15, 0.2) is 69.3 Å². The van der Waals surface area contributed by atoms with E-state index in [1.165, 1.54) is 31.3 Å². The summed E-state index contributed by atoms with van der Waals surface area (Å²) in [6, 6.07) is 11.9. The first-order valence-corrected chi connectivity index (χ1v) is 8.06. The average molecular weight is 368 g/mol. The van der Waals surface area contributed by atoms with Gasteiger partial charge in [-0.15, -0.1) is 0 Å².